The van der Waals surface area contributed by atoms with E-state index in [1.807, 2.05) is 30.3 Å². The van der Waals surface area contributed by atoms with Crippen LogP contribution in [0.1, 0.15) is 18.2 Å². The van der Waals surface area contributed by atoms with Crippen molar-refractivity contribution in [2.45, 2.75) is 20.0 Å². The highest BCUT2D eigenvalue weighted by Gasteiger charge is 2.44. The van der Waals surface area contributed by atoms with Gasteiger partial charge in [0.15, 0.2) is 0 Å². The maximum absolute atomic E-state index is 12.8. The Bertz CT molecular complexity index is 847. The van der Waals surface area contributed by atoms with Gasteiger partial charge >= 0.3 is 17.8 Å². The normalized spacial score (nSPS) is 14.2. The highest BCUT2D eigenvalue weighted by atomic mass is 16.3. The van der Waals surface area contributed by atoms with E-state index in [1.54, 1.807) is 19.1 Å². The molecule has 27 heavy (non-hydrogen) atoms. The first-order chi connectivity index (χ1) is 13.0. The van der Waals surface area contributed by atoms with Crippen molar-refractivity contribution in [3.63, 3.8) is 0 Å². The SMILES string of the molecule is CCN1C(=O)C(=O)N(CC(=O)N(Cc2ccccc2)Cc2ccco2)C1=O. The second kappa shape index (κ2) is 7.86. The smallest absolute Gasteiger partial charge is 0.334 e. The Morgan fingerprint density at radius 2 is 1.67 bits per heavy atom. The van der Waals surface area contributed by atoms with Gasteiger partial charge in [0, 0.05) is 13.1 Å². The molecule has 1 aliphatic heterocycles. The van der Waals surface area contributed by atoms with Crippen LogP contribution in [0.15, 0.2) is 53.1 Å². The van der Waals surface area contributed by atoms with E-state index < -0.39 is 30.3 Å². The van der Waals surface area contributed by atoms with Crippen molar-refractivity contribution < 1.29 is 23.6 Å². The Morgan fingerprint density at radius 3 is 2.26 bits per heavy atom. The third kappa shape index (κ3) is 3.89. The van der Waals surface area contributed by atoms with Gasteiger partial charge in [0.2, 0.25) is 5.91 Å². The maximum Gasteiger partial charge on any atom is 0.334 e. The fraction of sp³-hybridized carbons (Fsp3) is 0.263. The molecule has 2 heterocycles. The quantitative estimate of drug-likeness (QED) is 0.546. The number of imide groups is 2. The summed E-state index contributed by atoms with van der Waals surface area (Å²) in [6.45, 7) is 1.64. The second-order valence-electron chi connectivity index (χ2n) is 6.04. The highest BCUT2D eigenvalue weighted by Crippen LogP contribution is 2.15. The average molecular weight is 369 g/mol. The molecular formula is C19H19N3O5. The Morgan fingerprint density at radius 1 is 0.963 bits per heavy atom. The zero-order chi connectivity index (χ0) is 19.4. The minimum atomic E-state index is -0.979. The van der Waals surface area contributed by atoms with Crippen molar-refractivity contribution >= 4 is 23.8 Å². The number of nitrogens with zero attached hydrogens (tertiary/aromatic N) is 3. The zero-order valence-corrected chi connectivity index (χ0v) is 14.8. The standard InChI is InChI=1S/C19H19N3O5/c1-2-21-17(24)18(25)22(19(21)26)13-16(23)20(12-15-9-6-10-27-15)11-14-7-4-3-5-8-14/h3-10H,2,11-13H2,1H3. The van der Waals surface area contributed by atoms with E-state index in [2.05, 4.69) is 0 Å². The molecule has 8 nitrogen and oxygen atoms in total. The largest absolute Gasteiger partial charge is 0.467 e. The van der Waals surface area contributed by atoms with Crippen LogP contribution in [0.3, 0.4) is 0 Å². The Balaban J connectivity index is 1.77. The topological polar surface area (TPSA) is 91.1 Å². The van der Waals surface area contributed by atoms with Crippen LogP contribution in [0.5, 0.6) is 0 Å². The van der Waals surface area contributed by atoms with E-state index in [0.29, 0.717) is 10.7 Å². The van der Waals surface area contributed by atoms with Gasteiger partial charge in [-0.2, -0.15) is 0 Å². The molecule has 0 unspecified atom stereocenters. The van der Waals surface area contributed by atoms with Crippen LogP contribution in [-0.4, -0.2) is 51.5 Å². The minimum Gasteiger partial charge on any atom is -0.467 e. The fourth-order valence-corrected chi connectivity index (χ4v) is 2.83. The summed E-state index contributed by atoms with van der Waals surface area (Å²) in [5.41, 5.74) is 0.891. The van der Waals surface area contributed by atoms with E-state index in [9.17, 15) is 19.2 Å². The molecule has 0 aliphatic carbocycles. The summed E-state index contributed by atoms with van der Waals surface area (Å²) in [5, 5.41) is 0. The van der Waals surface area contributed by atoms with Gasteiger partial charge in [-0.15, -0.1) is 0 Å². The molecule has 1 aromatic carbocycles. The lowest BCUT2D eigenvalue weighted by Gasteiger charge is -2.24. The lowest BCUT2D eigenvalue weighted by Crippen LogP contribution is -2.43. The number of carbonyl (C=O) groups excluding carboxylic acids is 4. The molecule has 1 aromatic heterocycles. The average Bonchev–Trinajstić information content (AvgIpc) is 3.25. The van der Waals surface area contributed by atoms with Crippen LogP contribution in [0.2, 0.25) is 0 Å². The molecule has 3 rings (SSSR count). The zero-order valence-electron chi connectivity index (χ0n) is 14.8. The minimum absolute atomic E-state index is 0.0776. The monoisotopic (exact) mass is 369 g/mol. The number of hydrogen-bond donors (Lipinski definition) is 0. The van der Waals surface area contributed by atoms with Crippen LogP contribution >= 0.6 is 0 Å². The van der Waals surface area contributed by atoms with E-state index in [0.717, 1.165) is 10.5 Å². The molecule has 140 valence electrons. The molecule has 1 fully saturated rings. The van der Waals surface area contributed by atoms with Gasteiger partial charge in [0.1, 0.15) is 12.3 Å². The molecular weight excluding hydrogens is 350 g/mol. The lowest BCUT2D eigenvalue weighted by molar-refractivity contribution is -0.145. The number of furan rings is 1. The molecule has 0 radical (unpaired) electrons. The third-order valence-electron chi connectivity index (χ3n) is 4.24. The Labute approximate surface area is 155 Å². The first-order valence-corrected chi connectivity index (χ1v) is 8.52. The van der Waals surface area contributed by atoms with Gasteiger partial charge in [0.25, 0.3) is 0 Å². The number of benzene rings is 1. The van der Waals surface area contributed by atoms with Crippen LogP contribution in [-0.2, 0) is 27.5 Å². The molecule has 0 atom stereocenters. The fourth-order valence-electron chi connectivity index (χ4n) is 2.83. The van der Waals surface area contributed by atoms with E-state index in [4.69, 9.17) is 4.42 Å². The van der Waals surface area contributed by atoms with Crippen LogP contribution in [0.25, 0.3) is 0 Å². The first-order valence-electron chi connectivity index (χ1n) is 8.52. The molecule has 5 amide bonds. The number of likely N-dealkylation sites (N-methyl/N-ethyl adjacent to an activating group) is 1. The molecule has 2 aromatic rings. The van der Waals surface area contributed by atoms with Crippen LogP contribution < -0.4 is 0 Å². The summed E-state index contributed by atoms with van der Waals surface area (Å²) in [7, 11) is 0. The van der Waals surface area contributed by atoms with Crippen molar-refractivity contribution in [3.05, 3.63) is 60.1 Å². The maximum atomic E-state index is 12.8. The number of carbonyl (C=O) groups is 4. The number of amides is 5. The predicted octanol–water partition coefficient (Wildman–Crippen LogP) is 1.62. The van der Waals surface area contributed by atoms with Gasteiger partial charge in [-0.3, -0.25) is 19.3 Å². The summed E-state index contributed by atoms with van der Waals surface area (Å²) in [6.07, 6.45) is 1.51. The van der Waals surface area contributed by atoms with Gasteiger partial charge in [-0.25, -0.2) is 9.69 Å². The Kier molecular flexibility index (Phi) is 5.35. The van der Waals surface area contributed by atoms with E-state index in [1.165, 1.54) is 11.2 Å². The van der Waals surface area contributed by atoms with E-state index >= 15 is 0 Å². The molecule has 1 saturated heterocycles. The lowest BCUT2D eigenvalue weighted by atomic mass is 10.2. The molecule has 0 saturated carbocycles. The first kappa shape index (κ1) is 18.4. The van der Waals surface area contributed by atoms with Crippen molar-refractivity contribution in [3.8, 4) is 0 Å². The van der Waals surface area contributed by atoms with Crippen molar-refractivity contribution in [2.24, 2.45) is 0 Å². The van der Waals surface area contributed by atoms with E-state index in [-0.39, 0.29) is 19.6 Å². The molecule has 0 N–H and O–H groups in total. The number of hydrogen-bond acceptors (Lipinski definition) is 5. The van der Waals surface area contributed by atoms with Gasteiger partial charge in [0.05, 0.1) is 12.8 Å². The van der Waals surface area contributed by atoms with Crippen molar-refractivity contribution in [1.82, 2.24) is 14.7 Å². The van der Waals surface area contributed by atoms with Gasteiger partial charge in [-0.05, 0) is 24.6 Å². The number of urea groups is 1. The summed E-state index contributed by atoms with van der Waals surface area (Å²) in [4.78, 5) is 51.9. The summed E-state index contributed by atoms with van der Waals surface area (Å²) in [6, 6.07) is 12.0. The molecule has 8 heteroatoms. The summed E-state index contributed by atoms with van der Waals surface area (Å²) >= 11 is 0. The summed E-state index contributed by atoms with van der Waals surface area (Å²) in [5.74, 6) is -1.77. The van der Waals surface area contributed by atoms with Gasteiger partial charge < -0.3 is 9.32 Å². The third-order valence-corrected chi connectivity index (χ3v) is 4.24. The number of rotatable bonds is 7. The van der Waals surface area contributed by atoms with Crippen molar-refractivity contribution in [1.29, 1.82) is 0 Å². The van der Waals surface area contributed by atoms with Crippen LogP contribution in [0, 0.1) is 0 Å². The highest BCUT2D eigenvalue weighted by molar-refractivity contribution is 6.45. The molecule has 0 spiro atoms. The van der Waals surface area contributed by atoms with Crippen LogP contribution in [0.4, 0.5) is 4.79 Å². The Hall–Kier alpha value is -3.42. The van der Waals surface area contributed by atoms with Gasteiger partial charge in [-0.1, -0.05) is 30.3 Å². The molecule has 0 bridgehead atoms. The second-order valence-corrected chi connectivity index (χ2v) is 6.04. The molecule has 1 aliphatic rings. The predicted molar refractivity (Wildman–Crippen MR) is 93.9 cm³/mol. The summed E-state index contributed by atoms with van der Waals surface area (Å²) < 4.78 is 5.31. The van der Waals surface area contributed by atoms with Crippen molar-refractivity contribution in [2.75, 3.05) is 13.1 Å².